The van der Waals surface area contributed by atoms with Crippen LogP contribution in [0.1, 0.15) is 94.3 Å². The van der Waals surface area contributed by atoms with Crippen molar-refractivity contribution >= 4 is 23.2 Å². The minimum atomic E-state index is -2.60. The van der Waals surface area contributed by atoms with Crippen molar-refractivity contribution in [3.05, 3.63) is 122 Å². The average Bonchev–Trinajstić information content (AvgIpc) is 3.10. The summed E-state index contributed by atoms with van der Waals surface area (Å²) >= 11 is 0. The van der Waals surface area contributed by atoms with Gasteiger partial charge in [-0.25, -0.2) is 13.6 Å². The first kappa shape index (κ1) is 27.7. The van der Waals surface area contributed by atoms with Gasteiger partial charge >= 0.3 is 5.97 Å². The van der Waals surface area contributed by atoms with Gasteiger partial charge in [-0.2, -0.15) is 0 Å². The number of carbonyl (C=O) groups is 1. The lowest BCUT2D eigenvalue weighted by Gasteiger charge is -2.22. The van der Waals surface area contributed by atoms with Gasteiger partial charge in [-0.15, -0.1) is 0 Å². The summed E-state index contributed by atoms with van der Waals surface area (Å²) in [6.07, 6.45) is 6.94. The highest BCUT2D eigenvalue weighted by Crippen LogP contribution is 2.43. The molecule has 0 unspecified atom stereocenters. The van der Waals surface area contributed by atoms with Crippen LogP contribution >= 0.6 is 0 Å². The minimum absolute atomic E-state index is 0.0577. The lowest BCUT2D eigenvalue weighted by Crippen LogP contribution is -2.03. The van der Waals surface area contributed by atoms with E-state index in [9.17, 15) is 23.1 Å². The minimum Gasteiger partial charge on any atom is -0.478 e. The quantitative estimate of drug-likeness (QED) is 0.227. The predicted molar refractivity (Wildman–Crippen MR) is 155 cm³/mol. The molecule has 0 spiro atoms. The highest BCUT2D eigenvalue weighted by molar-refractivity contribution is 6.01. The summed E-state index contributed by atoms with van der Waals surface area (Å²) in [4.78, 5) is 11.7. The van der Waals surface area contributed by atoms with Gasteiger partial charge in [0.25, 0.3) is 6.43 Å². The van der Waals surface area contributed by atoms with Crippen LogP contribution in [-0.2, 0) is 6.42 Å². The molecule has 5 rings (SSSR count). The normalized spacial score (nSPS) is 15.0. The summed E-state index contributed by atoms with van der Waals surface area (Å²) in [7, 11) is 0. The lowest BCUT2D eigenvalue weighted by molar-refractivity contribution is 0.0696. The molecule has 0 radical (unpaired) electrons. The number of alkyl halides is 3. The van der Waals surface area contributed by atoms with Crippen molar-refractivity contribution in [1.29, 1.82) is 0 Å². The fraction of sp³-hybridized carbons (Fsp3) is 0.286. The maximum absolute atomic E-state index is 14.3. The zero-order valence-corrected chi connectivity index (χ0v) is 22.7. The third kappa shape index (κ3) is 5.84. The molecule has 1 fully saturated rings. The zero-order valence-electron chi connectivity index (χ0n) is 22.7. The molecule has 3 aromatic carbocycles. The van der Waals surface area contributed by atoms with Crippen molar-refractivity contribution in [2.75, 3.05) is 6.67 Å². The Hall–Kier alpha value is -3.86. The number of fused-ring (bicyclic) bond motifs is 1. The molecule has 0 atom stereocenters. The molecule has 40 heavy (non-hydrogen) atoms. The van der Waals surface area contributed by atoms with Crippen LogP contribution in [-0.4, -0.2) is 17.8 Å². The van der Waals surface area contributed by atoms with Crippen molar-refractivity contribution in [3.8, 4) is 0 Å². The van der Waals surface area contributed by atoms with Gasteiger partial charge in [-0.05, 0) is 109 Å². The molecule has 1 saturated carbocycles. The molecular weight excluding hydrogens is 509 g/mol. The van der Waals surface area contributed by atoms with Crippen LogP contribution in [0.4, 0.5) is 13.2 Å². The van der Waals surface area contributed by atoms with Crippen LogP contribution in [0.25, 0.3) is 17.2 Å². The number of benzene rings is 3. The number of aromatic carboxylic acids is 1. The Labute approximate surface area is 233 Å². The standard InChI is InChI=1S/C35H33F3O2/c1-22-6-4-9-30(32(22)34(37)38)31-10-5-8-27-21-28(35(39)40)15-16-29(27)33(31)26-13-11-23(12-14-26)18-25-19-24(20-25)7-2-3-17-36/h4,6-7,9,11-16,18,21,34H,2-3,5,8,10,17,19-20H2,1H3,(H,39,40). The number of hydrogen-bond donors (Lipinski definition) is 1. The molecule has 0 amide bonds. The van der Waals surface area contributed by atoms with Crippen molar-refractivity contribution in [1.82, 2.24) is 0 Å². The fourth-order valence-corrected chi connectivity index (χ4v) is 5.90. The number of carboxylic acids is 1. The highest BCUT2D eigenvalue weighted by atomic mass is 19.3. The third-order valence-electron chi connectivity index (χ3n) is 7.91. The van der Waals surface area contributed by atoms with Crippen LogP contribution in [0.3, 0.4) is 0 Å². The predicted octanol–water partition coefficient (Wildman–Crippen LogP) is 9.78. The summed E-state index contributed by atoms with van der Waals surface area (Å²) in [6.45, 7) is 1.44. The number of rotatable bonds is 8. The molecule has 2 nitrogen and oxygen atoms in total. The second kappa shape index (κ2) is 12.1. The SMILES string of the molecule is Cc1cccc(C2=C(c3ccc(C=C4CC(=CCCCF)C4)cc3)c3ccc(C(=O)O)cc3CCC2)c1C(F)F. The zero-order chi connectivity index (χ0) is 28.2. The van der Waals surface area contributed by atoms with Gasteiger partial charge in [0, 0.05) is 5.56 Å². The van der Waals surface area contributed by atoms with Gasteiger partial charge in [0.15, 0.2) is 0 Å². The molecule has 206 valence electrons. The molecule has 2 aliphatic rings. The number of carboxylic acid groups (broad SMARTS) is 1. The second-order valence-electron chi connectivity index (χ2n) is 10.7. The van der Waals surface area contributed by atoms with E-state index in [1.165, 1.54) is 11.1 Å². The van der Waals surface area contributed by atoms with E-state index in [1.807, 2.05) is 24.3 Å². The molecular formula is C35H33F3O2. The van der Waals surface area contributed by atoms with Gasteiger partial charge < -0.3 is 5.11 Å². The maximum atomic E-state index is 14.3. The Kier molecular flexibility index (Phi) is 8.39. The number of halogens is 3. The van der Waals surface area contributed by atoms with E-state index in [0.717, 1.165) is 59.1 Å². The molecule has 2 aliphatic carbocycles. The monoisotopic (exact) mass is 542 g/mol. The summed E-state index contributed by atoms with van der Waals surface area (Å²) in [5.41, 5.74) is 9.67. The Morgan fingerprint density at radius 2 is 1.75 bits per heavy atom. The van der Waals surface area contributed by atoms with Crippen LogP contribution in [0.5, 0.6) is 0 Å². The highest BCUT2D eigenvalue weighted by Gasteiger charge is 2.25. The molecule has 0 aliphatic heterocycles. The van der Waals surface area contributed by atoms with Crippen molar-refractivity contribution in [3.63, 3.8) is 0 Å². The first-order chi connectivity index (χ1) is 19.4. The first-order valence-corrected chi connectivity index (χ1v) is 13.9. The average molecular weight is 543 g/mol. The summed E-state index contributed by atoms with van der Waals surface area (Å²) in [6, 6.07) is 18.7. The number of aryl methyl sites for hydroxylation is 2. The first-order valence-electron chi connectivity index (χ1n) is 13.9. The summed E-state index contributed by atoms with van der Waals surface area (Å²) in [5, 5.41) is 9.58. The molecule has 5 heteroatoms. The summed E-state index contributed by atoms with van der Waals surface area (Å²) in [5.74, 6) is -0.981. The maximum Gasteiger partial charge on any atom is 0.335 e. The van der Waals surface area contributed by atoms with Gasteiger partial charge in [0.1, 0.15) is 0 Å². The van der Waals surface area contributed by atoms with Crippen LogP contribution in [0.2, 0.25) is 0 Å². The van der Waals surface area contributed by atoms with E-state index in [1.54, 1.807) is 31.2 Å². The Balaban J connectivity index is 1.58. The Bertz CT molecular complexity index is 1500. The Morgan fingerprint density at radius 1 is 0.975 bits per heavy atom. The van der Waals surface area contributed by atoms with Crippen LogP contribution < -0.4 is 0 Å². The lowest BCUT2D eigenvalue weighted by atomic mass is 9.83. The van der Waals surface area contributed by atoms with Crippen molar-refractivity contribution in [2.45, 2.75) is 58.3 Å². The van der Waals surface area contributed by atoms with E-state index in [-0.39, 0.29) is 17.8 Å². The number of hydrogen-bond acceptors (Lipinski definition) is 1. The van der Waals surface area contributed by atoms with E-state index in [4.69, 9.17) is 0 Å². The second-order valence-corrected chi connectivity index (χ2v) is 10.7. The van der Waals surface area contributed by atoms with Crippen molar-refractivity contribution < 1.29 is 23.1 Å². The van der Waals surface area contributed by atoms with Gasteiger partial charge in [-0.1, -0.05) is 71.8 Å². The number of allylic oxidation sites excluding steroid dienone is 4. The van der Waals surface area contributed by atoms with Crippen LogP contribution in [0.15, 0.2) is 77.9 Å². The topological polar surface area (TPSA) is 37.3 Å². The molecule has 0 aromatic heterocycles. The Morgan fingerprint density at radius 3 is 2.45 bits per heavy atom. The van der Waals surface area contributed by atoms with Crippen molar-refractivity contribution in [2.24, 2.45) is 0 Å². The molecule has 0 heterocycles. The van der Waals surface area contributed by atoms with E-state index in [2.05, 4.69) is 24.3 Å². The summed E-state index contributed by atoms with van der Waals surface area (Å²) < 4.78 is 41.0. The third-order valence-corrected chi connectivity index (χ3v) is 7.91. The van der Waals surface area contributed by atoms with Gasteiger partial charge in [0.2, 0.25) is 0 Å². The number of unbranched alkanes of at least 4 members (excludes halogenated alkanes) is 1. The van der Waals surface area contributed by atoms with Crippen LogP contribution in [0, 0.1) is 6.92 Å². The molecule has 3 aromatic rings. The molecule has 1 N–H and O–H groups in total. The van der Waals surface area contributed by atoms with Gasteiger partial charge in [0.05, 0.1) is 12.2 Å². The van der Waals surface area contributed by atoms with E-state index >= 15 is 0 Å². The van der Waals surface area contributed by atoms with E-state index < -0.39 is 12.4 Å². The largest absolute Gasteiger partial charge is 0.478 e. The van der Waals surface area contributed by atoms with E-state index in [0.29, 0.717) is 30.4 Å². The molecule has 0 bridgehead atoms. The molecule has 0 saturated heterocycles. The smallest absolute Gasteiger partial charge is 0.335 e. The fourth-order valence-electron chi connectivity index (χ4n) is 5.90. The van der Waals surface area contributed by atoms with Gasteiger partial charge in [-0.3, -0.25) is 4.39 Å².